The van der Waals surface area contributed by atoms with Crippen LogP contribution in [0.1, 0.15) is 64.7 Å². The highest BCUT2D eigenvalue weighted by molar-refractivity contribution is 7.91. The first-order chi connectivity index (χ1) is 15.5. The maximum Gasteiger partial charge on any atom is 0.259 e. The minimum Gasteiger partial charge on any atom is -0.391 e. The first-order valence-corrected chi connectivity index (χ1v) is 13.3. The predicted octanol–water partition coefficient (Wildman–Crippen LogP) is -0.331. The fourth-order valence-electron chi connectivity index (χ4n) is 4.77. The van der Waals surface area contributed by atoms with E-state index in [1.165, 1.54) is 4.90 Å². The Bertz CT molecular complexity index is 962. The Labute approximate surface area is 194 Å². The number of amides is 3. The number of sulfonamides is 1. The zero-order valence-electron chi connectivity index (χ0n) is 19.0. The molecular weight excluding hydrogens is 448 g/mol. The minimum absolute atomic E-state index is 0.000117. The second-order valence-corrected chi connectivity index (χ2v) is 12.4. The molecule has 10 nitrogen and oxygen atoms in total. The SMILES string of the molecule is CC1(S(=O)(=O)NC(=O)[C@@]23C[C@H]2/C=C\CCCCC[C@H](N)C(=O)N2C[C@H](O)C[C@H]2C(=O)N3)CC1. The second kappa shape index (κ2) is 8.66. The van der Waals surface area contributed by atoms with Crippen molar-refractivity contribution in [3.8, 4) is 0 Å². The average Bonchev–Trinajstić information content (AvgIpc) is 3.62. The number of nitrogens with two attached hydrogens (primary N) is 1. The Hall–Kier alpha value is -1.98. The van der Waals surface area contributed by atoms with Gasteiger partial charge in [-0.3, -0.25) is 19.1 Å². The van der Waals surface area contributed by atoms with Gasteiger partial charge in [0.05, 0.1) is 16.9 Å². The van der Waals surface area contributed by atoms with E-state index < -0.39 is 56.2 Å². The monoisotopic (exact) mass is 482 g/mol. The minimum atomic E-state index is -3.87. The van der Waals surface area contributed by atoms with Gasteiger partial charge in [0.1, 0.15) is 11.6 Å². The maximum absolute atomic E-state index is 13.2. The number of hydrogen-bond acceptors (Lipinski definition) is 7. The zero-order valence-corrected chi connectivity index (χ0v) is 19.8. The molecule has 4 aliphatic rings. The van der Waals surface area contributed by atoms with Gasteiger partial charge in [-0.2, -0.15) is 0 Å². The van der Waals surface area contributed by atoms with Crippen molar-refractivity contribution in [1.29, 1.82) is 0 Å². The van der Waals surface area contributed by atoms with Gasteiger partial charge in [0.25, 0.3) is 5.91 Å². The molecular formula is C22H34N4O6S. The third-order valence-corrected chi connectivity index (χ3v) is 9.69. The summed E-state index contributed by atoms with van der Waals surface area (Å²) in [5.74, 6) is -2.07. The smallest absolute Gasteiger partial charge is 0.259 e. The van der Waals surface area contributed by atoms with Crippen LogP contribution in [-0.4, -0.2) is 71.2 Å². The van der Waals surface area contributed by atoms with E-state index in [0.717, 1.165) is 25.7 Å². The molecule has 2 saturated carbocycles. The number of nitrogens with zero attached hydrogens (tertiary/aromatic N) is 1. The van der Waals surface area contributed by atoms with Gasteiger partial charge in [-0.1, -0.05) is 25.0 Å². The summed E-state index contributed by atoms with van der Waals surface area (Å²) in [5.41, 5.74) is 4.69. The lowest BCUT2D eigenvalue weighted by atomic mass is 10.1. The van der Waals surface area contributed by atoms with Crippen LogP contribution in [0.4, 0.5) is 0 Å². The third kappa shape index (κ3) is 4.67. The molecule has 2 heterocycles. The lowest BCUT2D eigenvalue weighted by molar-refractivity contribution is -0.140. The van der Waals surface area contributed by atoms with Crippen molar-refractivity contribution in [3.63, 3.8) is 0 Å². The van der Waals surface area contributed by atoms with E-state index in [1.807, 2.05) is 12.2 Å². The maximum atomic E-state index is 13.2. The van der Waals surface area contributed by atoms with E-state index in [0.29, 0.717) is 19.3 Å². The van der Waals surface area contributed by atoms with Gasteiger partial charge >= 0.3 is 0 Å². The van der Waals surface area contributed by atoms with E-state index in [1.54, 1.807) is 6.92 Å². The summed E-state index contributed by atoms with van der Waals surface area (Å²) in [5, 5.41) is 12.9. The molecule has 0 unspecified atom stereocenters. The van der Waals surface area contributed by atoms with Gasteiger partial charge in [0.15, 0.2) is 0 Å². The number of allylic oxidation sites excluding steroid dienone is 1. The van der Waals surface area contributed by atoms with Crippen LogP contribution in [0.2, 0.25) is 0 Å². The third-order valence-electron chi connectivity index (χ3n) is 7.53. The highest BCUT2D eigenvalue weighted by Crippen LogP contribution is 2.47. The fourth-order valence-corrected chi connectivity index (χ4v) is 6.08. The molecule has 5 N–H and O–H groups in total. The molecule has 33 heavy (non-hydrogen) atoms. The van der Waals surface area contributed by atoms with E-state index in [9.17, 15) is 27.9 Å². The topological polar surface area (TPSA) is 159 Å². The summed E-state index contributed by atoms with van der Waals surface area (Å²) in [6.45, 7) is 1.59. The molecule has 3 fully saturated rings. The summed E-state index contributed by atoms with van der Waals surface area (Å²) in [6.07, 6.45) is 8.07. The summed E-state index contributed by atoms with van der Waals surface area (Å²) in [6, 6.07) is -1.72. The summed E-state index contributed by atoms with van der Waals surface area (Å²) in [4.78, 5) is 40.6. The van der Waals surface area contributed by atoms with Gasteiger partial charge < -0.3 is 21.1 Å². The van der Waals surface area contributed by atoms with Crippen LogP contribution in [0, 0.1) is 5.92 Å². The largest absolute Gasteiger partial charge is 0.391 e. The Kier molecular flexibility index (Phi) is 6.34. The quantitative estimate of drug-likeness (QED) is 0.401. The lowest BCUT2D eigenvalue weighted by Gasteiger charge is -2.28. The lowest BCUT2D eigenvalue weighted by Crippen LogP contribution is -2.58. The molecule has 0 radical (unpaired) electrons. The fraction of sp³-hybridized carbons (Fsp3) is 0.773. The molecule has 0 aromatic carbocycles. The Morgan fingerprint density at radius 2 is 2.00 bits per heavy atom. The summed E-state index contributed by atoms with van der Waals surface area (Å²) in [7, 11) is -3.87. The van der Waals surface area contributed by atoms with Gasteiger partial charge in [0.2, 0.25) is 21.8 Å². The number of carbonyl (C=O) groups excluding carboxylic acids is 3. The Morgan fingerprint density at radius 1 is 1.27 bits per heavy atom. The summed E-state index contributed by atoms with van der Waals surface area (Å²) >= 11 is 0. The van der Waals surface area contributed by atoms with Crippen molar-refractivity contribution in [2.45, 2.75) is 93.2 Å². The number of aliphatic hydroxyl groups is 1. The number of nitrogens with one attached hydrogen (secondary N) is 2. The highest BCUT2D eigenvalue weighted by atomic mass is 32.2. The highest BCUT2D eigenvalue weighted by Gasteiger charge is 2.63. The predicted molar refractivity (Wildman–Crippen MR) is 120 cm³/mol. The molecule has 5 atom stereocenters. The first-order valence-electron chi connectivity index (χ1n) is 11.8. The molecule has 0 aromatic rings. The first kappa shape index (κ1) is 24.2. The molecule has 0 bridgehead atoms. The molecule has 184 valence electrons. The average molecular weight is 483 g/mol. The van der Waals surface area contributed by atoms with Crippen molar-refractivity contribution in [1.82, 2.24) is 14.9 Å². The van der Waals surface area contributed by atoms with Crippen LogP contribution < -0.4 is 15.8 Å². The van der Waals surface area contributed by atoms with Crippen LogP contribution in [-0.2, 0) is 24.4 Å². The number of rotatable bonds is 3. The van der Waals surface area contributed by atoms with Crippen LogP contribution in [0.25, 0.3) is 0 Å². The van der Waals surface area contributed by atoms with Crippen LogP contribution in [0.5, 0.6) is 0 Å². The number of aliphatic hydroxyl groups excluding tert-OH is 1. The molecule has 0 spiro atoms. The molecule has 11 heteroatoms. The van der Waals surface area contributed by atoms with Gasteiger partial charge in [0, 0.05) is 18.9 Å². The second-order valence-electron chi connectivity index (χ2n) is 10.2. The number of hydrogen-bond donors (Lipinski definition) is 4. The van der Waals surface area contributed by atoms with Crippen LogP contribution in [0.15, 0.2) is 12.2 Å². The van der Waals surface area contributed by atoms with E-state index in [-0.39, 0.29) is 25.3 Å². The van der Waals surface area contributed by atoms with Crippen LogP contribution in [0.3, 0.4) is 0 Å². The molecule has 4 rings (SSSR count). The van der Waals surface area contributed by atoms with Gasteiger partial charge in [-0.25, -0.2) is 8.42 Å². The van der Waals surface area contributed by atoms with Crippen molar-refractivity contribution in [3.05, 3.63) is 12.2 Å². The molecule has 2 aliphatic carbocycles. The van der Waals surface area contributed by atoms with Crippen LogP contribution >= 0.6 is 0 Å². The normalized spacial score (nSPS) is 37.6. The standard InChI is InChI=1S/C22H34N4O6S/c1-21(9-10-21)33(31,32)25-20(30)22-12-14(22)7-5-3-2-4-6-8-16(23)19(29)26-13-15(27)11-17(26)18(28)24-22/h5,7,14-17,27H,2-4,6,8-13,23H2,1H3,(H,24,28)(H,25,30)/b7-5-/t14-,15-,16+,17+,22-/m1/s1. The van der Waals surface area contributed by atoms with E-state index >= 15 is 0 Å². The number of fused-ring (bicyclic) bond motifs is 2. The van der Waals surface area contributed by atoms with E-state index in [4.69, 9.17) is 5.73 Å². The Balaban J connectivity index is 1.58. The summed E-state index contributed by atoms with van der Waals surface area (Å²) < 4.78 is 26.5. The van der Waals surface area contributed by atoms with Gasteiger partial charge in [-0.15, -0.1) is 0 Å². The molecule has 3 amide bonds. The van der Waals surface area contributed by atoms with Crippen molar-refractivity contribution >= 4 is 27.7 Å². The zero-order chi connectivity index (χ0) is 24.0. The van der Waals surface area contributed by atoms with Crippen molar-refractivity contribution in [2.75, 3.05) is 6.54 Å². The van der Waals surface area contributed by atoms with E-state index in [2.05, 4.69) is 10.0 Å². The molecule has 2 aliphatic heterocycles. The number of carbonyl (C=O) groups is 3. The Morgan fingerprint density at radius 3 is 2.70 bits per heavy atom. The van der Waals surface area contributed by atoms with Gasteiger partial charge in [-0.05, 0) is 45.4 Å². The molecule has 0 aromatic heterocycles. The van der Waals surface area contributed by atoms with Crippen molar-refractivity contribution < 1.29 is 27.9 Å². The molecule has 1 saturated heterocycles. The van der Waals surface area contributed by atoms with Crippen molar-refractivity contribution in [2.24, 2.45) is 11.7 Å².